The van der Waals surface area contributed by atoms with Gasteiger partial charge in [0.25, 0.3) is 0 Å². The van der Waals surface area contributed by atoms with Crippen molar-refractivity contribution in [2.75, 3.05) is 79.7 Å². The molecule has 0 spiro atoms. The summed E-state index contributed by atoms with van der Waals surface area (Å²) in [4.78, 5) is 0. The molecule has 0 aliphatic carbocycles. The minimum atomic E-state index is 0.589. The number of methoxy groups -OCH3 is 1. The number of hydrogen-bond donors (Lipinski definition) is 1. The van der Waals surface area contributed by atoms with E-state index in [0.717, 1.165) is 26.1 Å². The lowest BCUT2D eigenvalue weighted by molar-refractivity contribution is -0.00748. The summed E-state index contributed by atoms with van der Waals surface area (Å²) in [5.74, 6) is 0. The molecule has 0 radical (unpaired) electrons. The van der Waals surface area contributed by atoms with Crippen LogP contribution in [0.3, 0.4) is 0 Å². The van der Waals surface area contributed by atoms with E-state index in [1.54, 1.807) is 7.11 Å². The van der Waals surface area contributed by atoms with Crippen molar-refractivity contribution in [1.29, 1.82) is 0 Å². The smallest absolute Gasteiger partial charge is 0.0701 e. The van der Waals surface area contributed by atoms with Gasteiger partial charge >= 0.3 is 0 Å². The van der Waals surface area contributed by atoms with Crippen molar-refractivity contribution < 1.29 is 23.7 Å². The number of rotatable bonds is 17. The van der Waals surface area contributed by atoms with Crippen LogP contribution in [0.2, 0.25) is 0 Å². The normalized spacial score (nSPS) is 9.23. The first-order chi connectivity index (χ1) is 12.9. The van der Waals surface area contributed by atoms with Crippen LogP contribution < -0.4 is 5.32 Å². The van der Waals surface area contributed by atoms with Crippen LogP contribution in [0.25, 0.3) is 0 Å². The molecule has 0 aromatic rings. The monoisotopic (exact) mass is 383 g/mol. The molecule has 0 atom stereocenters. The van der Waals surface area contributed by atoms with Crippen molar-refractivity contribution in [3.05, 3.63) is 0 Å². The van der Waals surface area contributed by atoms with Crippen LogP contribution in [0.5, 0.6) is 0 Å². The average Bonchev–Trinajstić information content (AvgIpc) is 2.72. The molecular weight excluding hydrogens is 334 g/mol. The first-order valence-electron chi connectivity index (χ1n) is 10.4. The minimum absolute atomic E-state index is 0.589. The fourth-order valence-corrected chi connectivity index (χ4v) is 1.35. The topological polar surface area (TPSA) is 58.2 Å². The molecule has 26 heavy (non-hydrogen) atoms. The summed E-state index contributed by atoms with van der Waals surface area (Å²) in [6, 6.07) is 0. The summed E-state index contributed by atoms with van der Waals surface area (Å²) < 4.78 is 26.2. The highest BCUT2D eigenvalue weighted by atomic mass is 16.6. The van der Waals surface area contributed by atoms with E-state index >= 15 is 0 Å². The SMILES string of the molecule is CC.CC.CC.CCCNCCOCCOCCOCCOCCOC. The Hall–Kier alpha value is -0.240. The van der Waals surface area contributed by atoms with Gasteiger partial charge in [0.2, 0.25) is 0 Å². The second kappa shape index (κ2) is 44.3. The van der Waals surface area contributed by atoms with E-state index in [1.165, 1.54) is 0 Å². The van der Waals surface area contributed by atoms with Crippen LogP contribution in [0.1, 0.15) is 54.9 Å². The zero-order valence-corrected chi connectivity index (χ0v) is 19.0. The molecule has 6 heteroatoms. The molecule has 0 aliphatic rings. The molecular formula is C20H49NO5. The van der Waals surface area contributed by atoms with Crippen molar-refractivity contribution >= 4 is 0 Å². The van der Waals surface area contributed by atoms with E-state index in [-0.39, 0.29) is 0 Å². The molecule has 0 aromatic carbocycles. The quantitative estimate of drug-likeness (QED) is 0.386. The zero-order chi connectivity index (χ0) is 20.7. The zero-order valence-electron chi connectivity index (χ0n) is 19.0. The maximum atomic E-state index is 5.40. The molecule has 6 nitrogen and oxygen atoms in total. The van der Waals surface area contributed by atoms with Crippen molar-refractivity contribution in [2.24, 2.45) is 0 Å². The Kier molecular flexibility index (Phi) is 56.8. The standard InChI is InChI=1S/C14H31NO5.3C2H6/c1-3-4-15-5-6-17-9-10-19-13-14-20-12-11-18-8-7-16-2;3*1-2/h15H,3-14H2,1-2H3;3*1-2H3. The van der Waals surface area contributed by atoms with Gasteiger partial charge in [-0.2, -0.15) is 0 Å². The van der Waals surface area contributed by atoms with Crippen LogP contribution in [0.15, 0.2) is 0 Å². The first kappa shape index (κ1) is 33.4. The Morgan fingerprint density at radius 2 is 0.846 bits per heavy atom. The molecule has 0 amide bonds. The van der Waals surface area contributed by atoms with Crippen LogP contribution in [0.4, 0.5) is 0 Å². The van der Waals surface area contributed by atoms with E-state index in [4.69, 9.17) is 23.7 Å². The van der Waals surface area contributed by atoms with E-state index in [1.807, 2.05) is 41.5 Å². The average molecular weight is 384 g/mol. The summed E-state index contributed by atoms with van der Waals surface area (Å²) >= 11 is 0. The summed E-state index contributed by atoms with van der Waals surface area (Å²) in [5, 5.41) is 3.27. The Bertz CT molecular complexity index is 156. The van der Waals surface area contributed by atoms with E-state index in [0.29, 0.717) is 52.9 Å². The molecule has 0 saturated heterocycles. The third-order valence-electron chi connectivity index (χ3n) is 2.40. The largest absolute Gasteiger partial charge is 0.382 e. The van der Waals surface area contributed by atoms with Gasteiger partial charge in [-0.1, -0.05) is 48.5 Å². The van der Waals surface area contributed by atoms with Gasteiger partial charge in [-0.3, -0.25) is 0 Å². The van der Waals surface area contributed by atoms with Gasteiger partial charge in [0, 0.05) is 13.7 Å². The van der Waals surface area contributed by atoms with E-state index in [9.17, 15) is 0 Å². The van der Waals surface area contributed by atoms with Crippen LogP contribution >= 0.6 is 0 Å². The predicted molar refractivity (Wildman–Crippen MR) is 112 cm³/mol. The molecule has 0 rings (SSSR count). The van der Waals surface area contributed by atoms with Gasteiger partial charge in [-0.05, 0) is 13.0 Å². The van der Waals surface area contributed by atoms with Gasteiger partial charge in [0.15, 0.2) is 0 Å². The second-order valence-corrected chi connectivity index (χ2v) is 4.19. The lowest BCUT2D eigenvalue weighted by atomic mass is 10.5. The number of ether oxygens (including phenoxy) is 5. The third kappa shape index (κ3) is 43.8. The Labute approximate surface area is 164 Å². The summed E-state index contributed by atoms with van der Waals surface area (Å²) in [6.45, 7) is 21.7. The van der Waals surface area contributed by atoms with Gasteiger partial charge in [-0.25, -0.2) is 0 Å². The molecule has 0 saturated carbocycles. The highest BCUT2D eigenvalue weighted by Crippen LogP contribution is 1.83. The Morgan fingerprint density at radius 1 is 0.500 bits per heavy atom. The summed E-state index contributed by atoms with van der Waals surface area (Å²) in [5.41, 5.74) is 0. The van der Waals surface area contributed by atoms with Crippen molar-refractivity contribution in [2.45, 2.75) is 54.9 Å². The van der Waals surface area contributed by atoms with Gasteiger partial charge in [0.05, 0.1) is 59.5 Å². The van der Waals surface area contributed by atoms with Crippen LogP contribution in [0, 0.1) is 0 Å². The summed E-state index contributed by atoms with van der Waals surface area (Å²) in [6.07, 6.45) is 1.15. The molecule has 0 heterocycles. The molecule has 0 bridgehead atoms. The highest BCUT2D eigenvalue weighted by molar-refractivity contribution is 4.43. The highest BCUT2D eigenvalue weighted by Gasteiger charge is 1.92. The molecule has 0 fully saturated rings. The minimum Gasteiger partial charge on any atom is -0.382 e. The Balaban J connectivity index is -0.000000362. The van der Waals surface area contributed by atoms with E-state index < -0.39 is 0 Å². The molecule has 0 unspecified atom stereocenters. The Morgan fingerprint density at radius 3 is 1.19 bits per heavy atom. The molecule has 0 aliphatic heterocycles. The number of hydrogen-bond acceptors (Lipinski definition) is 6. The second-order valence-electron chi connectivity index (χ2n) is 4.19. The fourth-order valence-electron chi connectivity index (χ4n) is 1.35. The van der Waals surface area contributed by atoms with Crippen molar-refractivity contribution in [3.63, 3.8) is 0 Å². The predicted octanol–water partition coefficient (Wildman–Crippen LogP) is 3.78. The van der Waals surface area contributed by atoms with Gasteiger partial charge in [-0.15, -0.1) is 0 Å². The van der Waals surface area contributed by atoms with Gasteiger partial charge in [0.1, 0.15) is 0 Å². The van der Waals surface area contributed by atoms with E-state index in [2.05, 4.69) is 12.2 Å². The molecule has 0 aromatic heterocycles. The van der Waals surface area contributed by atoms with Gasteiger partial charge < -0.3 is 29.0 Å². The first-order valence-corrected chi connectivity index (χ1v) is 10.4. The maximum Gasteiger partial charge on any atom is 0.0701 e. The number of nitrogens with one attached hydrogen (secondary N) is 1. The molecule has 1 N–H and O–H groups in total. The maximum absolute atomic E-state index is 5.40. The summed E-state index contributed by atoms with van der Waals surface area (Å²) in [7, 11) is 1.66. The van der Waals surface area contributed by atoms with Crippen LogP contribution in [-0.4, -0.2) is 79.7 Å². The lowest BCUT2D eigenvalue weighted by Crippen LogP contribution is -2.21. The lowest BCUT2D eigenvalue weighted by Gasteiger charge is -2.07. The van der Waals surface area contributed by atoms with Crippen molar-refractivity contribution in [3.8, 4) is 0 Å². The van der Waals surface area contributed by atoms with Crippen molar-refractivity contribution in [1.82, 2.24) is 5.32 Å². The molecule has 164 valence electrons. The fraction of sp³-hybridized carbons (Fsp3) is 1.00. The van der Waals surface area contributed by atoms with Crippen LogP contribution in [-0.2, 0) is 23.7 Å². The third-order valence-corrected chi connectivity index (χ3v) is 2.40.